The van der Waals surface area contributed by atoms with Gasteiger partial charge in [-0.2, -0.15) is 5.06 Å². The molecular formula is C12H12N2O3S. The predicted molar refractivity (Wildman–Crippen MR) is 66.2 cm³/mol. The second-order valence-electron chi connectivity index (χ2n) is 3.53. The number of urea groups is 1. The molecule has 18 heavy (non-hydrogen) atoms. The van der Waals surface area contributed by atoms with Crippen LogP contribution in [-0.4, -0.2) is 16.3 Å². The number of carbonyl (C=O) groups excluding carboxylic acids is 1. The maximum absolute atomic E-state index is 10.7. The lowest BCUT2D eigenvalue weighted by atomic mass is 10.4. The predicted octanol–water partition coefficient (Wildman–Crippen LogP) is 2.70. The molecule has 0 saturated heterocycles. The Morgan fingerprint density at radius 3 is 2.67 bits per heavy atom. The van der Waals surface area contributed by atoms with Gasteiger partial charge in [0.25, 0.3) is 0 Å². The van der Waals surface area contributed by atoms with Crippen LogP contribution in [0.4, 0.5) is 4.79 Å². The minimum atomic E-state index is -0.913. The summed E-state index contributed by atoms with van der Waals surface area (Å²) in [5.41, 5.74) is 4.90. The molecule has 5 nitrogen and oxygen atoms in total. The summed E-state index contributed by atoms with van der Waals surface area (Å²) < 4.78 is 5.46. The van der Waals surface area contributed by atoms with Crippen molar-refractivity contribution in [3.05, 3.63) is 48.2 Å². The molecule has 0 aliphatic heterocycles. The van der Waals surface area contributed by atoms with E-state index >= 15 is 0 Å². The first-order chi connectivity index (χ1) is 8.65. The number of nitrogens with two attached hydrogens (primary N) is 1. The number of primary amides is 1. The third-order valence-corrected chi connectivity index (χ3v) is 3.09. The van der Waals surface area contributed by atoms with Gasteiger partial charge in [-0.15, -0.1) is 0 Å². The molecule has 0 bridgehead atoms. The quantitative estimate of drug-likeness (QED) is 0.657. The molecule has 0 saturated carbocycles. The van der Waals surface area contributed by atoms with E-state index in [1.54, 1.807) is 12.1 Å². The number of rotatable bonds is 4. The fourth-order valence-electron chi connectivity index (χ4n) is 1.33. The lowest BCUT2D eigenvalue weighted by Crippen LogP contribution is -2.31. The van der Waals surface area contributed by atoms with Crippen LogP contribution in [0.2, 0.25) is 0 Å². The van der Waals surface area contributed by atoms with Gasteiger partial charge < -0.3 is 10.2 Å². The molecule has 0 aliphatic rings. The topological polar surface area (TPSA) is 79.7 Å². The summed E-state index contributed by atoms with van der Waals surface area (Å²) in [6.45, 7) is -0.0648. The first kappa shape index (κ1) is 12.5. The van der Waals surface area contributed by atoms with Gasteiger partial charge in [-0.1, -0.05) is 30.0 Å². The van der Waals surface area contributed by atoms with Gasteiger partial charge in [0.2, 0.25) is 0 Å². The number of benzene rings is 1. The monoisotopic (exact) mass is 264 g/mol. The van der Waals surface area contributed by atoms with Gasteiger partial charge in [0, 0.05) is 4.90 Å². The van der Waals surface area contributed by atoms with Crippen LogP contribution >= 0.6 is 11.8 Å². The zero-order valence-corrected chi connectivity index (χ0v) is 10.3. The maximum Gasteiger partial charge on any atom is 0.338 e. The summed E-state index contributed by atoms with van der Waals surface area (Å²) in [5.74, 6) is 0.467. The van der Waals surface area contributed by atoms with Gasteiger partial charge in [0.15, 0.2) is 5.09 Å². The lowest BCUT2D eigenvalue weighted by molar-refractivity contribution is -0.0518. The Labute approximate surface area is 108 Å². The molecule has 0 fully saturated rings. The molecule has 2 rings (SSSR count). The van der Waals surface area contributed by atoms with Gasteiger partial charge >= 0.3 is 6.03 Å². The molecule has 2 aromatic rings. The maximum atomic E-state index is 10.7. The number of amides is 2. The minimum Gasteiger partial charge on any atom is -0.453 e. The van der Waals surface area contributed by atoms with Crippen LogP contribution in [-0.2, 0) is 6.54 Å². The fraction of sp³-hybridized carbons (Fsp3) is 0.0833. The fourth-order valence-corrected chi connectivity index (χ4v) is 2.14. The summed E-state index contributed by atoms with van der Waals surface area (Å²) in [6, 6.07) is 12.3. The van der Waals surface area contributed by atoms with Crippen molar-refractivity contribution in [2.24, 2.45) is 5.73 Å². The summed E-state index contributed by atoms with van der Waals surface area (Å²) in [5, 5.41) is 10.3. The number of furan rings is 1. The van der Waals surface area contributed by atoms with Crippen molar-refractivity contribution < 1.29 is 14.4 Å². The molecule has 6 heteroatoms. The van der Waals surface area contributed by atoms with Crippen LogP contribution in [0.15, 0.2) is 56.9 Å². The summed E-state index contributed by atoms with van der Waals surface area (Å²) in [7, 11) is 0. The Morgan fingerprint density at radius 1 is 1.28 bits per heavy atom. The van der Waals surface area contributed by atoms with Crippen LogP contribution in [0.1, 0.15) is 5.76 Å². The van der Waals surface area contributed by atoms with Gasteiger partial charge in [-0.25, -0.2) is 4.79 Å². The van der Waals surface area contributed by atoms with Crippen molar-refractivity contribution in [1.29, 1.82) is 0 Å². The first-order valence-electron chi connectivity index (χ1n) is 5.22. The molecule has 0 aliphatic carbocycles. The second kappa shape index (κ2) is 5.61. The highest BCUT2D eigenvalue weighted by molar-refractivity contribution is 7.99. The standard InChI is InChI=1S/C12H12N2O3S/c13-12(15)14(16)8-9-6-7-11(17-9)18-10-4-2-1-3-5-10/h1-7,16H,8H2,(H2,13,15). The van der Waals surface area contributed by atoms with E-state index in [0.29, 0.717) is 15.9 Å². The van der Waals surface area contributed by atoms with E-state index in [-0.39, 0.29) is 6.54 Å². The summed E-state index contributed by atoms with van der Waals surface area (Å²) >= 11 is 1.46. The van der Waals surface area contributed by atoms with Crippen molar-refractivity contribution in [3.63, 3.8) is 0 Å². The number of carbonyl (C=O) groups is 1. The van der Waals surface area contributed by atoms with Crippen LogP contribution in [0, 0.1) is 0 Å². The van der Waals surface area contributed by atoms with E-state index < -0.39 is 6.03 Å². The van der Waals surface area contributed by atoms with E-state index in [1.165, 1.54) is 11.8 Å². The smallest absolute Gasteiger partial charge is 0.338 e. The molecule has 1 aromatic heterocycles. The Kier molecular flexibility index (Phi) is 3.91. The third kappa shape index (κ3) is 3.28. The van der Waals surface area contributed by atoms with Crippen molar-refractivity contribution in [2.45, 2.75) is 16.5 Å². The van der Waals surface area contributed by atoms with E-state index in [0.717, 1.165) is 4.90 Å². The van der Waals surface area contributed by atoms with E-state index in [4.69, 9.17) is 10.2 Å². The normalized spacial score (nSPS) is 10.3. The minimum absolute atomic E-state index is 0.0648. The van der Waals surface area contributed by atoms with Crippen LogP contribution < -0.4 is 5.73 Å². The highest BCUT2D eigenvalue weighted by Crippen LogP contribution is 2.29. The highest BCUT2D eigenvalue weighted by Gasteiger charge is 2.10. The summed E-state index contributed by atoms with van der Waals surface area (Å²) in [4.78, 5) is 11.7. The zero-order chi connectivity index (χ0) is 13.0. The molecule has 94 valence electrons. The molecule has 0 unspecified atom stereocenters. The molecule has 0 spiro atoms. The first-order valence-corrected chi connectivity index (χ1v) is 6.04. The molecule has 1 aromatic carbocycles. The molecular weight excluding hydrogens is 252 g/mol. The third-order valence-electron chi connectivity index (χ3n) is 2.16. The van der Waals surface area contributed by atoms with E-state index in [9.17, 15) is 10.0 Å². The molecule has 0 radical (unpaired) electrons. The number of nitrogens with zero attached hydrogens (tertiary/aromatic N) is 1. The van der Waals surface area contributed by atoms with Crippen LogP contribution in [0.3, 0.4) is 0 Å². The van der Waals surface area contributed by atoms with Crippen molar-refractivity contribution >= 4 is 17.8 Å². The second-order valence-corrected chi connectivity index (χ2v) is 4.61. The van der Waals surface area contributed by atoms with Gasteiger partial charge in [-0.3, -0.25) is 5.21 Å². The summed E-state index contributed by atoms with van der Waals surface area (Å²) in [6.07, 6.45) is 0. The SMILES string of the molecule is NC(=O)N(O)Cc1ccc(Sc2ccccc2)o1. The molecule has 2 amide bonds. The van der Waals surface area contributed by atoms with Crippen molar-refractivity contribution in [1.82, 2.24) is 5.06 Å². The lowest BCUT2D eigenvalue weighted by Gasteiger charge is -2.08. The Bertz CT molecular complexity index is 527. The van der Waals surface area contributed by atoms with Crippen LogP contribution in [0.25, 0.3) is 0 Å². The molecule has 0 atom stereocenters. The largest absolute Gasteiger partial charge is 0.453 e. The van der Waals surface area contributed by atoms with E-state index in [1.807, 2.05) is 30.3 Å². The van der Waals surface area contributed by atoms with E-state index in [2.05, 4.69) is 0 Å². The molecule has 3 N–H and O–H groups in total. The van der Waals surface area contributed by atoms with Crippen molar-refractivity contribution in [2.75, 3.05) is 0 Å². The van der Waals surface area contributed by atoms with Gasteiger partial charge in [-0.05, 0) is 24.3 Å². The Morgan fingerprint density at radius 2 is 2.00 bits per heavy atom. The average molecular weight is 264 g/mol. The van der Waals surface area contributed by atoms with Gasteiger partial charge in [0.05, 0.1) is 0 Å². The van der Waals surface area contributed by atoms with Gasteiger partial charge in [0.1, 0.15) is 12.3 Å². The number of hydroxylamine groups is 2. The van der Waals surface area contributed by atoms with Crippen molar-refractivity contribution in [3.8, 4) is 0 Å². The van der Waals surface area contributed by atoms with Crippen LogP contribution in [0.5, 0.6) is 0 Å². The number of hydrogen-bond donors (Lipinski definition) is 2. The zero-order valence-electron chi connectivity index (χ0n) is 9.45. The average Bonchev–Trinajstić information content (AvgIpc) is 2.77. The highest BCUT2D eigenvalue weighted by atomic mass is 32.2. The Balaban J connectivity index is 2.00. The Hall–Kier alpha value is -1.92. The number of hydrogen-bond acceptors (Lipinski definition) is 4. The molecule has 1 heterocycles.